The van der Waals surface area contributed by atoms with E-state index in [1.54, 1.807) is 12.1 Å². The largest absolute Gasteiger partial charge is 0.417 e. The molecule has 1 unspecified atom stereocenters. The number of fused-ring (bicyclic) bond motifs is 1. The van der Waals surface area contributed by atoms with Gasteiger partial charge in [-0.15, -0.1) is 11.3 Å². The van der Waals surface area contributed by atoms with Crippen molar-refractivity contribution in [3.8, 4) is 0 Å². The summed E-state index contributed by atoms with van der Waals surface area (Å²) < 4.78 is 5.03. The summed E-state index contributed by atoms with van der Waals surface area (Å²) in [7, 11) is 0. The van der Waals surface area contributed by atoms with Crippen LogP contribution in [0, 0.1) is 6.92 Å². The zero-order valence-corrected chi connectivity index (χ0v) is 11.6. The predicted molar refractivity (Wildman–Crippen MR) is 76.9 cm³/mol. The molecule has 0 bridgehead atoms. The predicted octanol–water partition coefficient (Wildman–Crippen LogP) is 3.19. The van der Waals surface area contributed by atoms with Crippen LogP contribution in [-0.4, -0.2) is 4.98 Å². The zero-order chi connectivity index (χ0) is 13.6. The van der Waals surface area contributed by atoms with E-state index in [-0.39, 0.29) is 6.04 Å². The van der Waals surface area contributed by atoms with Crippen molar-refractivity contribution in [2.75, 3.05) is 0 Å². The van der Waals surface area contributed by atoms with Crippen molar-refractivity contribution in [2.45, 2.75) is 13.0 Å². The van der Waals surface area contributed by atoms with E-state index in [9.17, 15) is 4.79 Å². The second-order valence-corrected chi connectivity index (χ2v) is 5.63. The Morgan fingerprint density at radius 2 is 2.26 bits per heavy atom. The van der Waals surface area contributed by atoms with Crippen molar-refractivity contribution < 1.29 is 4.42 Å². The third kappa shape index (κ3) is 2.10. The lowest BCUT2D eigenvalue weighted by Gasteiger charge is -2.10. The van der Waals surface area contributed by atoms with Gasteiger partial charge in [0.1, 0.15) is 0 Å². The van der Waals surface area contributed by atoms with E-state index in [1.165, 1.54) is 11.3 Å². The van der Waals surface area contributed by atoms with Gasteiger partial charge in [-0.05, 0) is 35.6 Å². The van der Waals surface area contributed by atoms with Gasteiger partial charge in [0.05, 0.1) is 16.6 Å². The first-order valence-electron chi connectivity index (χ1n) is 5.68. The lowest BCUT2D eigenvalue weighted by atomic mass is 10.1. The van der Waals surface area contributed by atoms with Crippen LogP contribution in [0.3, 0.4) is 0 Å². The average Bonchev–Trinajstić information content (AvgIpc) is 2.91. The fraction of sp³-hybridized carbons (Fsp3) is 0.154. The molecule has 0 aliphatic carbocycles. The summed E-state index contributed by atoms with van der Waals surface area (Å²) in [5.74, 6) is -0.467. The molecule has 0 aliphatic rings. The Morgan fingerprint density at radius 3 is 2.95 bits per heavy atom. The minimum absolute atomic E-state index is 0.323. The molecule has 0 amide bonds. The molecule has 0 radical (unpaired) electrons. The maximum atomic E-state index is 11.1. The fourth-order valence-corrected chi connectivity index (χ4v) is 3.31. The maximum absolute atomic E-state index is 11.1. The number of nitrogens with one attached hydrogen (secondary N) is 1. The van der Waals surface area contributed by atoms with Crippen molar-refractivity contribution >= 4 is 34.0 Å². The van der Waals surface area contributed by atoms with E-state index in [1.807, 2.05) is 18.4 Å². The van der Waals surface area contributed by atoms with Crippen LogP contribution in [0.4, 0.5) is 0 Å². The standard InChI is InChI=1S/C13H11ClN2O2S/c1-6-5-19-12(10(6)14)11(15)7-2-3-8-9(4-7)18-13(17)16-8/h2-5,11H,15H2,1H3,(H,16,17). The van der Waals surface area contributed by atoms with Crippen molar-refractivity contribution in [1.29, 1.82) is 0 Å². The van der Waals surface area contributed by atoms with Crippen molar-refractivity contribution in [1.82, 2.24) is 4.98 Å². The van der Waals surface area contributed by atoms with Crippen LogP contribution < -0.4 is 11.5 Å². The number of oxazole rings is 1. The fourth-order valence-electron chi connectivity index (χ4n) is 1.97. The second kappa shape index (κ2) is 4.52. The number of thiophene rings is 1. The highest BCUT2D eigenvalue weighted by molar-refractivity contribution is 7.10. The van der Waals surface area contributed by atoms with Gasteiger partial charge in [0.2, 0.25) is 0 Å². The average molecular weight is 295 g/mol. The van der Waals surface area contributed by atoms with Gasteiger partial charge in [-0.25, -0.2) is 4.79 Å². The van der Waals surface area contributed by atoms with Gasteiger partial charge in [-0.1, -0.05) is 17.7 Å². The molecule has 0 spiro atoms. The summed E-state index contributed by atoms with van der Waals surface area (Å²) in [5.41, 5.74) is 9.27. The van der Waals surface area contributed by atoms with Crippen LogP contribution in [0.25, 0.3) is 11.1 Å². The molecule has 3 aromatic rings. The Kier molecular flexibility index (Phi) is 2.97. The number of halogens is 1. The first-order chi connectivity index (χ1) is 9.06. The smallest absolute Gasteiger partial charge is 0.408 e. The molecule has 1 atom stereocenters. The first-order valence-corrected chi connectivity index (χ1v) is 6.94. The van der Waals surface area contributed by atoms with Crippen molar-refractivity contribution in [3.63, 3.8) is 0 Å². The summed E-state index contributed by atoms with van der Waals surface area (Å²) >= 11 is 7.76. The van der Waals surface area contributed by atoms with Gasteiger partial charge in [0.15, 0.2) is 5.58 Å². The van der Waals surface area contributed by atoms with Crippen LogP contribution in [0.5, 0.6) is 0 Å². The number of aromatic nitrogens is 1. The van der Waals surface area contributed by atoms with E-state index < -0.39 is 5.76 Å². The van der Waals surface area contributed by atoms with E-state index in [4.69, 9.17) is 21.8 Å². The summed E-state index contributed by atoms with van der Waals surface area (Å²) in [6, 6.07) is 5.09. The summed E-state index contributed by atoms with van der Waals surface area (Å²) in [5, 5.41) is 2.68. The SMILES string of the molecule is Cc1csc(C(N)c2ccc3[nH]c(=O)oc3c2)c1Cl. The molecule has 98 valence electrons. The Labute approximate surface area is 117 Å². The monoisotopic (exact) mass is 294 g/mol. The highest BCUT2D eigenvalue weighted by atomic mass is 35.5. The second-order valence-electron chi connectivity index (χ2n) is 4.34. The minimum atomic E-state index is -0.467. The van der Waals surface area contributed by atoms with Crippen LogP contribution >= 0.6 is 22.9 Å². The Bertz CT molecular complexity index is 802. The zero-order valence-electron chi connectivity index (χ0n) is 10.1. The Balaban J connectivity index is 2.08. The molecule has 0 fully saturated rings. The van der Waals surface area contributed by atoms with Gasteiger partial charge in [0.25, 0.3) is 0 Å². The highest BCUT2D eigenvalue weighted by Gasteiger charge is 2.17. The molecule has 1 aromatic carbocycles. The van der Waals surface area contributed by atoms with E-state index in [2.05, 4.69) is 4.98 Å². The number of aromatic amines is 1. The maximum Gasteiger partial charge on any atom is 0.417 e. The van der Waals surface area contributed by atoms with Gasteiger partial charge >= 0.3 is 5.76 Å². The number of aryl methyl sites for hydroxylation is 1. The molecular weight excluding hydrogens is 284 g/mol. The minimum Gasteiger partial charge on any atom is -0.408 e. The quantitative estimate of drug-likeness (QED) is 0.762. The Morgan fingerprint density at radius 1 is 1.47 bits per heavy atom. The number of rotatable bonds is 2. The molecule has 0 aliphatic heterocycles. The van der Waals surface area contributed by atoms with Crippen LogP contribution in [0.2, 0.25) is 5.02 Å². The molecule has 4 nitrogen and oxygen atoms in total. The molecule has 2 aromatic heterocycles. The van der Waals surface area contributed by atoms with Crippen molar-refractivity contribution in [3.05, 3.63) is 55.2 Å². The van der Waals surface area contributed by atoms with Gasteiger partial charge in [0, 0.05) is 4.88 Å². The number of H-pyrrole nitrogens is 1. The van der Waals surface area contributed by atoms with Gasteiger partial charge < -0.3 is 10.2 Å². The molecule has 6 heteroatoms. The summed E-state index contributed by atoms with van der Waals surface area (Å²) in [6.07, 6.45) is 0. The summed E-state index contributed by atoms with van der Waals surface area (Å²) in [4.78, 5) is 14.6. The highest BCUT2D eigenvalue weighted by Crippen LogP contribution is 2.34. The van der Waals surface area contributed by atoms with Crippen LogP contribution in [0.1, 0.15) is 22.0 Å². The van der Waals surface area contributed by atoms with Gasteiger partial charge in [-0.3, -0.25) is 4.98 Å². The molecule has 0 saturated carbocycles. The third-order valence-electron chi connectivity index (χ3n) is 3.01. The lowest BCUT2D eigenvalue weighted by Crippen LogP contribution is -2.10. The number of nitrogens with two attached hydrogens (primary N) is 1. The molecule has 2 heterocycles. The number of benzene rings is 1. The van der Waals surface area contributed by atoms with Crippen LogP contribution in [0.15, 0.2) is 32.8 Å². The van der Waals surface area contributed by atoms with Gasteiger partial charge in [-0.2, -0.15) is 0 Å². The number of hydrogen-bond acceptors (Lipinski definition) is 4. The molecule has 3 rings (SSSR count). The molecule has 0 saturated heterocycles. The Hall–Kier alpha value is -1.56. The van der Waals surface area contributed by atoms with E-state index in [0.29, 0.717) is 16.1 Å². The third-order valence-corrected chi connectivity index (χ3v) is 4.81. The molecule has 3 N–H and O–H groups in total. The van der Waals surface area contributed by atoms with Crippen molar-refractivity contribution in [2.24, 2.45) is 5.73 Å². The van der Waals surface area contributed by atoms with E-state index in [0.717, 1.165) is 16.0 Å². The lowest BCUT2D eigenvalue weighted by molar-refractivity contribution is 0.555. The molecule has 19 heavy (non-hydrogen) atoms. The first kappa shape index (κ1) is 12.5. The molecular formula is C13H11ClN2O2S. The normalized spacial score (nSPS) is 13.0. The van der Waals surface area contributed by atoms with Crippen LogP contribution in [-0.2, 0) is 0 Å². The summed E-state index contributed by atoms with van der Waals surface area (Å²) in [6.45, 7) is 1.95. The number of hydrogen-bond donors (Lipinski definition) is 2. The topological polar surface area (TPSA) is 72.0 Å². The van der Waals surface area contributed by atoms with E-state index >= 15 is 0 Å².